The molecule has 0 saturated heterocycles. The molecule has 5 aromatic rings. The summed E-state index contributed by atoms with van der Waals surface area (Å²) in [6.45, 7) is 0. The smallest absolute Gasteiger partial charge is 0.135 e. The molecule has 1 aliphatic carbocycles. The third-order valence-corrected chi connectivity index (χ3v) is 6.01. The van der Waals surface area contributed by atoms with Gasteiger partial charge in [-0.05, 0) is 55.3 Å². The van der Waals surface area contributed by atoms with Gasteiger partial charge in [0.15, 0.2) is 0 Å². The summed E-state index contributed by atoms with van der Waals surface area (Å²) in [6.07, 6.45) is 6.72. The minimum Gasteiger partial charge on any atom is -0.456 e. The van der Waals surface area contributed by atoms with Crippen LogP contribution in [0.15, 0.2) is 75.6 Å². The van der Waals surface area contributed by atoms with Gasteiger partial charge in [0, 0.05) is 37.6 Å². The molecular formula is C24H16BrNO. The zero-order chi connectivity index (χ0) is 18.0. The second kappa shape index (κ2) is 5.61. The number of nitrogens with zero attached hydrogens (tertiary/aromatic N) is 1. The molecule has 2 heterocycles. The van der Waals surface area contributed by atoms with Crippen molar-refractivity contribution in [1.29, 1.82) is 0 Å². The van der Waals surface area contributed by atoms with Crippen LogP contribution in [0.3, 0.4) is 0 Å². The molecule has 0 unspecified atom stereocenters. The Hall–Kier alpha value is -2.78. The van der Waals surface area contributed by atoms with Gasteiger partial charge in [0.1, 0.15) is 11.2 Å². The monoisotopic (exact) mass is 413 g/mol. The molecule has 27 heavy (non-hydrogen) atoms. The van der Waals surface area contributed by atoms with E-state index in [2.05, 4.69) is 81.2 Å². The highest BCUT2D eigenvalue weighted by atomic mass is 79.9. The molecule has 0 aliphatic heterocycles. The van der Waals surface area contributed by atoms with Crippen molar-refractivity contribution in [2.24, 2.45) is 0 Å². The summed E-state index contributed by atoms with van der Waals surface area (Å²) in [4.78, 5) is 0. The molecule has 0 N–H and O–H groups in total. The molecular weight excluding hydrogens is 398 g/mol. The van der Waals surface area contributed by atoms with Gasteiger partial charge in [-0.15, -0.1) is 0 Å². The number of benzene rings is 3. The topological polar surface area (TPSA) is 18.1 Å². The molecule has 3 aromatic carbocycles. The number of hydrogen-bond acceptors (Lipinski definition) is 1. The van der Waals surface area contributed by atoms with Crippen LogP contribution in [-0.2, 0) is 6.42 Å². The standard InChI is InChI=1S/C24H16BrNO/c25-15-9-11-23-19(13-15)20-14-16(10-12-24(20)27-23)26-21-7-3-1-5-17(21)18-6-2-4-8-22(18)26/h1-3,5-7,9-14H,4,8H2. The van der Waals surface area contributed by atoms with Crippen LogP contribution in [0.5, 0.6) is 0 Å². The van der Waals surface area contributed by atoms with Gasteiger partial charge in [0.05, 0.1) is 5.52 Å². The fourth-order valence-corrected chi connectivity index (χ4v) is 4.70. The van der Waals surface area contributed by atoms with E-state index in [1.807, 2.05) is 12.1 Å². The van der Waals surface area contributed by atoms with Crippen molar-refractivity contribution >= 4 is 54.8 Å². The molecule has 2 aromatic heterocycles. The first kappa shape index (κ1) is 15.3. The van der Waals surface area contributed by atoms with Crippen LogP contribution in [0.25, 0.3) is 44.6 Å². The maximum Gasteiger partial charge on any atom is 0.135 e. The average molecular weight is 414 g/mol. The van der Waals surface area contributed by atoms with E-state index >= 15 is 0 Å². The zero-order valence-corrected chi connectivity index (χ0v) is 16.2. The van der Waals surface area contributed by atoms with Gasteiger partial charge in [-0.2, -0.15) is 0 Å². The summed E-state index contributed by atoms with van der Waals surface area (Å²) in [6, 6.07) is 21.4. The zero-order valence-electron chi connectivity index (χ0n) is 14.6. The van der Waals surface area contributed by atoms with E-state index in [1.54, 1.807) is 0 Å². The van der Waals surface area contributed by atoms with Crippen molar-refractivity contribution < 1.29 is 4.42 Å². The number of halogens is 1. The molecule has 1 aliphatic rings. The van der Waals surface area contributed by atoms with Crippen LogP contribution in [-0.4, -0.2) is 4.57 Å². The lowest BCUT2D eigenvalue weighted by Crippen LogP contribution is -2.02. The lowest BCUT2D eigenvalue weighted by Gasteiger charge is -2.13. The summed E-state index contributed by atoms with van der Waals surface area (Å²) in [5, 5.41) is 3.62. The van der Waals surface area contributed by atoms with Crippen molar-refractivity contribution in [3.63, 3.8) is 0 Å². The molecule has 0 saturated carbocycles. The molecule has 3 heteroatoms. The maximum absolute atomic E-state index is 6.04. The third kappa shape index (κ3) is 2.18. The van der Waals surface area contributed by atoms with E-state index in [4.69, 9.17) is 4.42 Å². The lowest BCUT2D eigenvalue weighted by molar-refractivity contribution is 0.669. The van der Waals surface area contributed by atoms with Crippen molar-refractivity contribution in [1.82, 2.24) is 4.57 Å². The van der Waals surface area contributed by atoms with E-state index < -0.39 is 0 Å². The van der Waals surface area contributed by atoms with Gasteiger partial charge in [-0.1, -0.05) is 46.3 Å². The van der Waals surface area contributed by atoms with Gasteiger partial charge >= 0.3 is 0 Å². The van der Waals surface area contributed by atoms with Crippen LogP contribution >= 0.6 is 15.9 Å². The third-order valence-electron chi connectivity index (χ3n) is 5.52. The highest BCUT2D eigenvalue weighted by molar-refractivity contribution is 9.10. The number of fused-ring (bicyclic) bond motifs is 6. The van der Waals surface area contributed by atoms with Crippen molar-refractivity contribution in [2.75, 3.05) is 0 Å². The average Bonchev–Trinajstić information content (AvgIpc) is 3.23. The normalized spacial score (nSPS) is 13.7. The molecule has 0 spiro atoms. The fourth-order valence-electron chi connectivity index (χ4n) is 4.34. The molecule has 0 amide bonds. The number of rotatable bonds is 1. The van der Waals surface area contributed by atoms with E-state index in [-0.39, 0.29) is 0 Å². The first-order chi connectivity index (χ1) is 13.3. The van der Waals surface area contributed by atoms with E-state index in [9.17, 15) is 0 Å². The van der Waals surface area contributed by atoms with Gasteiger partial charge in [0.2, 0.25) is 0 Å². The molecule has 0 atom stereocenters. The Labute approximate surface area is 164 Å². The van der Waals surface area contributed by atoms with Crippen LogP contribution in [0.2, 0.25) is 0 Å². The summed E-state index contributed by atoms with van der Waals surface area (Å²) in [5.74, 6) is 0. The first-order valence-corrected chi connectivity index (χ1v) is 10.00. The van der Waals surface area contributed by atoms with Crippen LogP contribution in [0.4, 0.5) is 0 Å². The SMILES string of the molecule is Brc1ccc2oc3ccc(-n4c5c(c6ccccc64)C=CCC5)cc3c2c1. The van der Waals surface area contributed by atoms with Gasteiger partial charge < -0.3 is 8.98 Å². The van der Waals surface area contributed by atoms with Crippen LogP contribution in [0.1, 0.15) is 17.7 Å². The predicted octanol–water partition coefficient (Wildman–Crippen LogP) is 7.25. The minimum absolute atomic E-state index is 0.924. The Kier molecular flexibility index (Phi) is 3.18. The maximum atomic E-state index is 6.04. The molecule has 0 bridgehead atoms. The Balaban J connectivity index is 1.70. The summed E-state index contributed by atoms with van der Waals surface area (Å²) >= 11 is 3.59. The summed E-state index contributed by atoms with van der Waals surface area (Å²) < 4.78 is 9.53. The Bertz CT molecular complexity index is 1390. The van der Waals surface area contributed by atoms with Gasteiger partial charge in [-0.3, -0.25) is 0 Å². The van der Waals surface area contributed by atoms with Crippen molar-refractivity contribution in [3.05, 3.63) is 82.5 Å². The number of allylic oxidation sites excluding steroid dienone is 1. The predicted molar refractivity (Wildman–Crippen MR) is 116 cm³/mol. The molecule has 0 fully saturated rings. The molecule has 6 rings (SSSR count). The lowest BCUT2D eigenvalue weighted by atomic mass is 10.0. The van der Waals surface area contributed by atoms with Gasteiger partial charge in [0.25, 0.3) is 0 Å². The highest BCUT2D eigenvalue weighted by Crippen LogP contribution is 2.36. The second-order valence-electron chi connectivity index (χ2n) is 7.08. The fraction of sp³-hybridized carbons (Fsp3) is 0.0833. The second-order valence-corrected chi connectivity index (χ2v) is 7.99. The summed E-state index contributed by atoms with van der Waals surface area (Å²) in [7, 11) is 0. The van der Waals surface area contributed by atoms with E-state index in [1.165, 1.54) is 27.8 Å². The Morgan fingerprint density at radius 1 is 0.852 bits per heavy atom. The first-order valence-electron chi connectivity index (χ1n) is 9.21. The Morgan fingerprint density at radius 2 is 1.67 bits per heavy atom. The molecule has 2 nitrogen and oxygen atoms in total. The number of hydrogen-bond donors (Lipinski definition) is 0. The van der Waals surface area contributed by atoms with Crippen molar-refractivity contribution in [3.8, 4) is 5.69 Å². The number of furan rings is 1. The molecule has 0 radical (unpaired) electrons. The van der Waals surface area contributed by atoms with Crippen LogP contribution in [0, 0.1) is 0 Å². The number of para-hydroxylation sites is 1. The van der Waals surface area contributed by atoms with E-state index in [0.717, 1.165) is 39.3 Å². The highest BCUT2D eigenvalue weighted by Gasteiger charge is 2.19. The largest absolute Gasteiger partial charge is 0.456 e. The van der Waals surface area contributed by atoms with Crippen LogP contribution < -0.4 is 0 Å². The van der Waals surface area contributed by atoms with Gasteiger partial charge in [-0.25, -0.2) is 0 Å². The Morgan fingerprint density at radius 3 is 2.59 bits per heavy atom. The quantitative estimate of drug-likeness (QED) is 0.283. The summed E-state index contributed by atoms with van der Waals surface area (Å²) in [5.41, 5.74) is 7.06. The van der Waals surface area contributed by atoms with E-state index in [0.29, 0.717) is 0 Å². The van der Waals surface area contributed by atoms with Crippen molar-refractivity contribution in [2.45, 2.75) is 12.8 Å². The molecule has 130 valence electrons. The number of aromatic nitrogens is 1. The minimum atomic E-state index is 0.924.